The highest BCUT2D eigenvalue weighted by molar-refractivity contribution is 5.71. The van der Waals surface area contributed by atoms with Gasteiger partial charge in [0.1, 0.15) is 13.2 Å². The van der Waals surface area contributed by atoms with E-state index in [4.69, 9.17) is 14.2 Å². The van der Waals surface area contributed by atoms with Gasteiger partial charge >= 0.3 is 17.9 Å². The van der Waals surface area contributed by atoms with Gasteiger partial charge in [0.05, 0.1) is 0 Å². The first-order chi connectivity index (χ1) is 40.0. The maximum Gasteiger partial charge on any atom is 0.306 e. The van der Waals surface area contributed by atoms with Crippen molar-refractivity contribution in [3.05, 3.63) is 85.1 Å². The lowest BCUT2D eigenvalue weighted by molar-refractivity contribution is -0.167. The molecule has 6 nitrogen and oxygen atoms in total. The molecule has 0 rings (SSSR count). The molecule has 0 heterocycles. The average Bonchev–Trinajstić information content (AvgIpc) is 3.47. The minimum atomic E-state index is -0.797. The first-order valence-corrected chi connectivity index (χ1v) is 35.1. The molecule has 0 aliphatic heterocycles. The molecule has 0 saturated heterocycles. The predicted molar refractivity (Wildman–Crippen MR) is 353 cm³/mol. The summed E-state index contributed by atoms with van der Waals surface area (Å²) in [5, 5.41) is 0. The minimum absolute atomic E-state index is 0.0884. The van der Waals surface area contributed by atoms with Crippen molar-refractivity contribution in [2.75, 3.05) is 13.2 Å². The zero-order valence-corrected chi connectivity index (χ0v) is 53.8. The number of allylic oxidation sites excluding steroid dienone is 14. The Morgan fingerprint density at radius 3 is 0.790 bits per heavy atom. The van der Waals surface area contributed by atoms with Crippen molar-refractivity contribution in [1.29, 1.82) is 0 Å². The number of esters is 3. The number of rotatable bonds is 64. The number of carbonyl (C=O) groups is 3. The van der Waals surface area contributed by atoms with Crippen LogP contribution in [-0.4, -0.2) is 37.2 Å². The molecule has 1 atom stereocenters. The smallest absolute Gasteiger partial charge is 0.306 e. The zero-order chi connectivity index (χ0) is 58.5. The molecule has 6 heteroatoms. The van der Waals surface area contributed by atoms with Gasteiger partial charge < -0.3 is 14.2 Å². The Labute approximate surface area is 503 Å². The number of hydrogen-bond acceptors (Lipinski definition) is 6. The summed E-state index contributed by atoms with van der Waals surface area (Å²) in [5.74, 6) is -0.907. The monoisotopic (exact) mass is 1130 g/mol. The summed E-state index contributed by atoms with van der Waals surface area (Å²) >= 11 is 0. The number of carbonyl (C=O) groups excluding carboxylic acids is 3. The van der Waals surface area contributed by atoms with Crippen LogP contribution in [-0.2, 0) is 28.6 Å². The first-order valence-electron chi connectivity index (χ1n) is 35.1. The van der Waals surface area contributed by atoms with Gasteiger partial charge in [0.2, 0.25) is 0 Å². The average molecular weight is 1130 g/mol. The second-order valence-corrected chi connectivity index (χ2v) is 23.4. The maximum absolute atomic E-state index is 12.9. The Bertz CT molecular complexity index is 1530. The second-order valence-electron chi connectivity index (χ2n) is 23.4. The lowest BCUT2D eigenvalue weighted by Gasteiger charge is -2.18. The van der Waals surface area contributed by atoms with Gasteiger partial charge in [-0.25, -0.2) is 0 Å². The van der Waals surface area contributed by atoms with Crippen molar-refractivity contribution in [2.24, 2.45) is 0 Å². The van der Waals surface area contributed by atoms with Crippen molar-refractivity contribution >= 4 is 17.9 Å². The van der Waals surface area contributed by atoms with E-state index in [1.165, 1.54) is 212 Å². The molecule has 0 N–H and O–H groups in total. The minimum Gasteiger partial charge on any atom is -0.462 e. The van der Waals surface area contributed by atoms with E-state index in [1.807, 2.05) is 0 Å². The normalized spacial score (nSPS) is 12.6. The molecule has 0 aliphatic rings. The molecule has 0 aromatic carbocycles. The number of ether oxygens (including phenoxy) is 3. The van der Waals surface area contributed by atoms with Crippen LogP contribution in [0.1, 0.15) is 355 Å². The van der Waals surface area contributed by atoms with Gasteiger partial charge in [0, 0.05) is 19.3 Å². The third-order valence-electron chi connectivity index (χ3n) is 15.4. The standard InChI is InChI=1S/C75H132O6/c1-4-7-10-13-16-19-22-25-28-31-34-35-36-37-38-39-42-44-47-50-53-56-59-62-65-68-74(77)80-71-72(81-75(78)69-66-63-60-57-54-51-48-45-41-33-30-27-24-21-18-15-12-9-6-3)70-79-73(76)67-64-61-58-55-52-49-46-43-40-32-29-26-23-20-17-14-11-8-5-2/h9,12,17-18,20-21,26-27,29-30,41,45,51,54,72H,4-8,10-11,13-16,19,22-25,28,31-40,42-44,46-50,52-53,55-71H2,1-3H3/b12-9-,20-17-,21-18-,29-26-,30-27-,45-41-,54-51-. The van der Waals surface area contributed by atoms with E-state index in [-0.39, 0.29) is 31.1 Å². The number of unbranched alkanes of at least 4 members (excludes halogenated alkanes) is 39. The van der Waals surface area contributed by atoms with Crippen molar-refractivity contribution in [2.45, 2.75) is 361 Å². The van der Waals surface area contributed by atoms with Crippen molar-refractivity contribution in [1.82, 2.24) is 0 Å². The predicted octanol–water partition coefficient (Wildman–Crippen LogP) is 24.2. The van der Waals surface area contributed by atoms with Gasteiger partial charge in [-0.3, -0.25) is 14.4 Å². The van der Waals surface area contributed by atoms with Crippen LogP contribution in [0.2, 0.25) is 0 Å². The Kier molecular flexibility index (Phi) is 66.2. The second kappa shape index (κ2) is 69.1. The fourth-order valence-electron chi connectivity index (χ4n) is 10.2. The molecule has 0 spiro atoms. The van der Waals surface area contributed by atoms with E-state index in [0.717, 1.165) is 103 Å². The van der Waals surface area contributed by atoms with Crippen LogP contribution in [0.15, 0.2) is 85.1 Å². The Morgan fingerprint density at radius 2 is 0.481 bits per heavy atom. The van der Waals surface area contributed by atoms with Gasteiger partial charge in [-0.1, -0.05) is 324 Å². The van der Waals surface area contributed by atoms with E-state index in [0.29, 0.717) is 19.3 Å². The van der Waals surface area contributed by atoms with E-state index in [2.05, 4.69) is 106 Å². The van der Waals surface area contributed by atoms with Crippen LogP contribution < -0.4 is 0 Å². The first kappa shape index (κ1) is 77.6. The summed E-state index contributed by atoms with van der Waals surface area (Å²) in [4.78, 5) is 38.5. The molecule has 81 heavy (non-hydrogen) atoms. The molecule has 0 bridgehead atoms. The van der Waals surface area contributed by atoms with E-state index in [1.54, 1.807) is 0 Å². The summed E-state index contributed by atoms with van der Waals surface area (Å²) in [6.07, 6.45) is 91.8. The largest absolute Gasteiger partial charge is 0.462 e. The van der Waals surface area contributed by atoms with Gasteiger partial charge in [0.25, 0.3) is 0 Å². The van der Waals surface area contributed by atoms with E-state index >= 15 is 0 Å². The third-order valence-corrected chi connectivity index (χ3v) is 15.4. The van der Waals surface area contributed by atoms with Crippen LogP contribution in [0.5, 0.6) is 0 Å². The summed E-state index contributed by atoms with van der Waals surface area (Å²) < 4.78 is 17.0. The van der Waals surface area contributed by atoms with Crippen LogP contribution in [0.3, 0.4) is 0 Å². The van der Waals surface area contributed by atoms with Crippen LogP contribution in [0.4, 0.5) is 0 Å². The zero-order valence-electron chi connectivity index (χ0n) is 53.8. The molecular weight excluding hydrogens is 997 g/mol. The van der Waals surface area contributed by atoms with Crippen LogP contribution in [0.25, 0.3) is 0 Å². The van der Waals surface area contributed by atoms with Crippen LogP contribution >= 0.6 is 0 Å². The van der Waals surface area contributed by atoms with Crippen molar-refractivity contribution < 1.29 is 28.6 Å². The molecule has 0 radical (unpaired) electrons. The highest BCUT2D eigenvalue weighted by Gasteiger charge is 2.19. The molecule has 0 aromatic rings. The summed E-state index contributed by atoms with van der Waals surface area (Å²) in [6.45, 7) is 6.53. The molecular formula is C75H132O6. The summed E-state index contributed by atoms with van der Waals surface area (Å²) in [7, 11) is 0. The van der Waals surface area contributed by atoms with E-state index < -0.39 is 6.10 Å². The number of hydrogen-bond donors (Lipinski definition) is 0. The van der Waals surface area contributed by atoms with Crippen LogP contribution in [0, 0.1) is 0 Å². The lowest BCUT2D eigenvalue weighted by Crippen LogP contribution is -2.30. The van der Waals surface area contributed by atoms with Crippen molar-refractivity contribution in [3.8, 4) is 0 Å². The Hall–Kier alpha value is -3.41. The van der Waals surface area contributed by atoms with Gasteiger partial charge in [0.15, 0.2) is 6.10 Å². The highest BCUT2D eigenvalue weighted by atomic mass is 16.6. The Morgan fingerprint density at radius 1 is 0.259 bits per heavy atom. The molecule has 1 unspecified atom stereocenters. The highest BCUT2D eigenvalue weighted by Crippen LogP contribution is 2.18. The molecule has 0 saturated carbocycles. The van der Waals surface area contributed by atoms with E-state index in [9.17, 15) is 14.4 Å². The lowest BCUT2D eigenvalue weighted by atomic mass is 10.0. The molecule has 0 aliphatic carbocycles. The fraction of sp³-hybridized carbons (Fsp3) is 0.773. The fourth-order valence-corrected chi connectivity index (χ4v) is 10.2. The third kappa shape index (κ3) is 67.3. The van der Waals surface area contributed by atoms with Crippen molar-refractivity contribution in [3.63, 3.8) is 0 Å². The SMILES string of the molecule is CC/C=C\C/C=C\C/C=C\C/C=C\C/C=C\CCCCCC(=O)OC(COC(=O)CCCCCCCCCCC/C=C\C/C=C\CCCCC)COC(=O)CCCCCCCCCCCCCCCCCCCCCCCCCCC. The molecule has 0 amide bonds. The Balaban J connectivity index is 4.36. The molecule has 0 aromatic heterocycles. The summed E-state index contributed by atoms with van der Waals surface area (Å²) in [6, 6.07) is 0. The van der Waals surface area contributed by atoms with Gasteiger partial charge in [-0.05, 0) is 96.3 Å². The summed E-state index contributed by atoms with van der Waals surface area (Å²) in [5.41, 5.74) is 0. The van der Waals surface area contributed by atoms with Gasteiger partial charge in [-0.2, -0.15) is 0 Å². The quantitative estimate of drug-likeness (QED) is 0.0261. The topological polar surface area (TPSA) is 78.9 Å². The molecule has 0 fully saturated rings. The molecule has 468 valence electrons. The maximum atomic E-state index is 12.9. The van der Waals surface area contributed by atoms with Gasteiger partial charge in [-0.15, -0.1) is 0 Å².